The van der Waals surface area contributed by atoms with Gasteiger partial charge in [-0.05, 0) is 37.5 Å². The lowest BCUT2D eigenvalue weighted by Gasteiger charge is -2.64. The Bertz CT molecular complexity index is 1310. The highest BCUT2D eigenvalue weighted by Gasteiger charge is 2.74. The van der Waals surface area contributed by atoms with Gasteiger partial charge in [0.25, 0.3) is 0 Å². The first kappa shape index (κ1) is 29.4. The van der Waals surface area contributed by atoms with Gasteiger partial charge in [0.2, 0.25) is 5.78 Å². The molecule has 9 nitrogen and oxygen atoms in total. The van der Waals surface area contributed by atoms with Gasteiger partial charge in [0.05, 0.1) is 11.0 Å². The zero-order chi connectivity index (χ0) is 29.8. The predicted molar refractivity (Wildman–Crippen MR) is 142 cm³/mol. The molecule has 40 heavy (non-hydrogen) atoms. The maximum atomic E-state index is 14.2. The Kier molecular flexibility index (Phi) is 7.20. The molecule has 0 radical (unpaired) electrons. The van der Waals surface area contributed by atoms with Crippen molar-refractivity contribution in [3.63, 3.8) is 0 Å². The topological polar surface area (TPSA) is 133 Å². The van der Waals surface area contributed by atoms with Gasteiger partial charge < -0.3 is 19.3 Å². The molecule has 0 aliphatic heterocycles. The SMILES string of the molecule is C=C[C@]1(C)C[C@@H](OC(=O)c2ccccc2)[C@@H]2[C@@]3(C)C=C(OC(C)=O)C(=O)C(C)(C)[C@@H]3C[C@@H](OC(C)=O)[C@@]2(O)C1=O. The number of carbonyl (C=O) groups excluding carboxylic acids is 5. The molecule has 0 aromatic heterocycles. The summed E-state index contributed by atoms with van der Waals surface area (Å²) in [6.07, 6.45) is 0.405. The number of ketones is 2. The van der Waals surface area contributed by atoms with Crippen LogP contribution in [-0.2, 0) is 33.4 Å². The van der Waals surface area contributed by atoms with E-state index in [0.29, 0.717) is 0 Å². The van der Waals surface area contributed by atoms with Crippen molar-refractivity contribution in [2.75, 3.05) is 0 Å². The maximum absolute atomic E-state index is 14.2. The van der Waals surface area contributed by atoms with Crippen LogP contribution < -0.4 is 0 Å². The summed E-state index contributed by atoms with van der Waals surface area (Å²) < 4.78 is 17.0. The van der Waals surface area contributed by atoms with E-state index < -0.39 is 75.4 Å². The first-order valence-corrected chi connectivity index (χ1v) is 13.3. The van der Waals surface area contributed by atoms with E-state index in [4.69, 9.17) is 14.2 Å². The van der Waals surface area contributed by atoms with Gasteiger partial charge in [-0.25, -0.2) is 4.79 Å². The molecule has 0 bridgehead atoms. The van der Waals surface area contributed by atoms with E-state index in [-0.39, 0.29) is 24.2 Å². The van der Waals surface area contributed by atoms with Crippen molar-refractivity contribution in [1.29, 1.82) is 0 Å². The molecule has 0 spiro atoms. The second-order valence-electron chi connectivity index (χ2n) is 12.2. The van der Waals surface area contributed by atoms with Gasteiger partial charge >= 0.3 is 17.9 Å². The minimum absolute atomic E-state index is 0.0128. The predicted octanol–water partition coefficient (Wildman–Crippen LogP) is 3.74. The smallest absolute Gasteiger partial charge is 0.338 e. The fraction of sp³-hybridized carbons (Fsp3) is 0.516. The number of allylic oxidation sites excluding steroid dienone is 3. The highest BCUT2D eigenvalue weighted by atomic mass is 16.6. The molecule has 1 aromatic rings. The molecule has 2 fully saturated rings. The van der Waals surface area contributed by atoms with E-state index in [1.807, 2.05) is 0 Å². The van der Waals surface area contributed by atoms with Gasteiger partial charge in [-0.1, -0.05) is 45.0 Å². The van der Waals surface area contributed by atoms with Gasteiger partial charge in [0, 0.05) is 37.0 Å². The lowest BCUT2D eigenvalue weighted by atomic mass is 9.41. The molecule has 214 valence electrons. The Labute approximate surface area is 233 Å². The average Bonchev–Trinajstić information content (AvgIpc) is 2.87. The third-order valence-electron chi connectivity index (χ3n) is 9.12. The van der Waals surface area contributed by atoms with Crippen LogP contribution in [0.4, 0.5) is 0 Å². The Morgan fingerprint density at radius 2 is 1.62 bits per heavy atom. The summed E-state index contributed by atoms with van der Waals surface area (Å²) in [5.74, 6) is -5.13. The Morgan fingerprint density at radius 1 is 1.00 bits per heavy atom. The highest BCUT2D eigenvalue weighted by molar-refractivity contribution is 6.01. The van der Waals surface area contributed by atoms with Crippen molar-refractivity contribution in [1.82, 2.24) is 0 Å². The molecule has 0 heterocycles. The fourth-order valence-electron chi connectivity index (χ4n) is 7.32. The van der Waals surface area contributed by atoms with Crippen LogP contribution in [0.3, 0.4) is 0 Å². The van der Waals surface area contributed by atoms with Crippen LogP contribution >= 0.6 is 0 Å². The number of Topliss-reactive ketones (excluding diaryl/α,β-unsaturated/α-hetero) is 2. The van der Waals surface area contributed by atoms with Crippen molar-refractivity contribution < 1.29 is 43.3 Å². The second-order valence-corrected chi connectivity index (χ2v) is 12.2. The number of aliphatic hydroxyl groups is 1. The van der Waals surface area contributed by atoms with E-state index in [1.54, 1.807) is 58.0 Å². The number of fused-ring (bicyclic) bond motifs is 3. The van der Waals surface area contributed by atoms with Crippen molar-refractivity contribution in [3.8, 4) is 0 Å². The molecule has 2 saturated carbocycles. The molecule has 0 unspecified atom stereocenters. The monoisotopic (exact) mass is 552 g/mol. The number of esters is 3. The summed E-state index contributed by atoms with van der Waals surface area (Å²) in [5.41, 5.74) is -5.77. The van der Waals surface area contributed by atoms with E-state index >= 15 is 0 Å². The Hall–Kier alpha value is -3.59. The standard InChI is InChI=1S/C31H36O9/c1-8-29(6)15-20(40-26(35)19-12-10-9-11-13-19)24-30(7)16-21(38-17(2)32)25(34)28(4,5)22(30)14-23(39-18(3)33)31(24,37)27(29)36/h8-13,16,20,22-24,37H,1,14-15H2,2-7H3/t20-,22+,23-,24-,29-,30+,31+/m1/s1. The fourth-order valence-corrected chi connectivity index (χ4v) is 7.32. The summed E-state index contributed by atoms with van der Waals surface area (Å²) in [7, 11) is 0. The number of carbonyl (C=O) groups is 5. The molecule has 9 heteroatoms. The summed E-state index contributed by atoms with van der Waals surface area (Å²) in [4.78, 5) is 65.3. The average molecular weight is 553 g/mol. The van der Waals surface area contributed by atoms with Gasteiger partial charge in [-0.2, -0.15) is 0 Å². The zero-order valence-corrected chi connectivity index (χ0v) is 23.7. The van der Waals surface area contributed by atoms with Crippen LogP contribution in [0, 0.1) is 28.1 Å². The van der Waals surface area contributed by atoms with Crippen molar-refractivity contribution in [2.24, 2.45) is 28.1 Å². The quantitative estimate of drug-likeness (QED) is 0.329. The van der Waals surface area contributed by atoms with E-state index in [2.05, 4.69) is 6.58 Å². The number of hydrogen-bond donors (Lipinski definition) is 1. The molecule has 7 atom stereocenters. The lowest BCUT2D eigenvalue weighted by Crippen LogP contribution is -2.75. The summed E-state index contributed by atoms with van der Waals surface area (Å²) in [5, 5.41) is 12.5. The minimum Gasteiger partial charge on any atom is -0.459 e. The number of rotatable bonds is 5. The molecular weight excluding hydrogens is 516 g/mol. The third kappa shape index (κ3) is 4.40. The summed E-state index contributed by atoms with van der Waals surface area (Å²) >= 11 is 0. The summed E-state index contributed by atoms with van der Waals surface area (Å²) in [6.45, 7) is 12.9. The second kappa shape index (κ2) is 9.80. The highest BCUT2D eigenvalue weighted by Crippen LogP contribution is 2.65. The zero-order valence-electron chi connectivity index (χ0n) is 23.7. The normalized spacial score (nSPS) is 36.3. The van der Waals surface area contributed by atoms with Crippen molar-refractivity contribution in [2.45, 2.75) is 72.2 Å². The van der Waals surface area contributed by atoms with Crippen LogP contribution in [0.1, 0.15) is 64.7 Å². The van der Waals surface area contributed by atoms with Crippen LogP contribution in [-0.4, -0.2) is 52.4 Å². The Balaban J connectivity index is 1.98. The molecule has 0 amide bonds. The van der Waals surface area contributed by atoms with Crippen molar-refractivity contribution in [3.05, 3.63) is 60.4 Å². The van der Waals surface area contributed by atoms with E-state index in [1.165, 1.54) is 26.0 Å². The molecule has 0 saturated heterocycles. The number of benzene rings is 1. The molecule has 1 aromatic carbocycles. The first-order valence-electron chi connectivity index (χ1n) is 13.3. The van der Waals surface area contributed by atoms with Gasteiger partial charge in [-0.15, -0.1) is 6.58 Å². The number of hydrogen-bond acceptors (Lipinski definition) is 9. The lowest BCUT2D eigenvalue weighted by molar-refractivity contribution is -0.248. The third-order valence-corrected chi connectivity index (χ3v) is 9.12. The van der Waals surface area contributed by atoms with Crippen molar-refractivity contribution >= 4 is 29.5 Å². The Morgan fingerprint density at radius 3 is 2.17 bits per heavy atom. The molecule has 1 N–H and O–H groups in total. The van der Waals surface area contributed by atoms with Gasteiger partial charge in [-0.3, -0.25) is 19.2 Å². The summed E-state index contributed by atoms with van der Waals surface area (Å²) in [6, 6.07) is 8.29. The van der Waals surface area contributed by atoms with Gasteiger partial charge in [0.15, 0.2) is 17.1 Å². The molecular formula is C31H36O9. The largest absolute Gasteiger partial charge is 0.459 e. The van der Waals surface area contributed by atoms with Crippen LogP contribution in [0.25, 0.3) is 0 Å². The van der Waals surface area contributed by atoms with E-state index in [0.717, 1.165) is 0 Å². The molecule has 3 aliphatic rings. The van der Waals surface area contributed by atoms with Crippen LogP contribution in [0.15, 0.2) is 54.8 Å². The number of ether oxygens (including phenoxy) is 3. The van der Waals surface area contributed by atoms with Gasteiger partial charge in [0.1, 0.15) is 12.2 Å². The first-order chi connectivity index (χ1) is 18.5. The van der Waals surface area contributed by atoms with Crippen LogP contribution in [0.5, 0.6) is 0 Å². The molecule has 3 aliphatic carbocycles. The van der Waals surface area contributed by atoms with E-state index in [9.17, 15) is 29.1 Å². The maximum Gasteiger partial charge on any atom is 0.338 e. The van der Waals surface area contributed by atoms with Crippen LogP contribution in [0.2, 0.25) is 0 Å². The minimum atomic E-state index is -2.33. The molecule has 4 rings (SSSR count).